The first-order valence-electron chi connectivity index (χ1n) is 8.51. The molecule has 0 saturated carbocycles. The number of ether oxygens (including phenoxy) is 1. The van der Waals surface area contributed by atoms with E-state index in [1.54, 1.807) is 29.2 Å². The number of carbonyl (C=O) groups is 1. The molecule has 0 aromatic heterocycles. The van der Waals surface area contributed by atoms with Gasteiger partial charge in [0.1, 0.15) is 17.4 Å². The first kappa shape index (κ1) is 16.7. The lowest BCUT2D eigenvalue weighted by atomic mass is 9.84. The Bertz CT molecular complexity index is 1000. The van der Waals surface area contributed by atoms with Gasteiger partial charge in [-0.2, -0.15) is 5.26 Å². The van der Waals surface area contributed by atoms with Crippen LogP contribution in [-0.4, -0.2) is 22.5 Å². The number of carbonyl (C=O) groups excluding carboxylic acids is 1. The van der Waals surface area contributed by atoms with Gasteiger partial charge in [-0.1, -0.05) is 42.5 Å². The molecule has 2 heterocycles. The van der Waals surface area contributed by atoms with E-state index in [1.165, 1.54) is 0 Å². The van der Waals surface area contributed by atoms with Crippen LogP contribution in [0.5, 0.6) is 5.75 Å². The summed E-state index contributed by atoms with van der Waals surface area (Å²) < 4.78 is 5.54. The molecule has 0 saturated heterocycles. The van der Waals surface area contributed by atoms with Gasteiger partial charge in [0, 0.05) is 18.7 Å². The van der Waals surface area contributed by atoms with Crippen LogP contribution in [-0.2, 0) is 16.1 Å². The molecule has 3 N–H and O–H groups in total. The maximum absolute atomic E-state index is 12.9. The van der Waals surface area contributed by atoms with Crippen LogP contribution in [0.15, 0.2) is 77.4 Å². The van der Waals surface area contributed by atoms with Gasteiger partial charge < -0.3 is 20.5 Å². The second-order valence-corrected chi connectivity index (χ2v) is 6.52. The molecule has 0 radical (unpaired) electrons. The Labute approximate surface area is 156 Å². The Morgan fingerprint density at radius 1 is 1.19 bits per heavy atom. The average molecular weight is 359 g/mol. The number of benzene rings is 2. The molecule has 2 aromatic rings. The maximum atomic E-state index is 12.9. The highest BCUT2D eigenvalue weighted by Gasteiger charge is 2.42. The number of hydrogen-bond acceptors (Lipinski definition) is 5. The number of phenols is 1. The van der Waals surface area contributed by atoms with Crippen molar-refractivity contribution in [2.24, 2.45) is 5.73 Å². The van der Waals surface area contributed by atoms with Gasteiger partial charge >= 0.3 is 0 Å². The predicted molar refractivity (Wildman–Crippen MR) is 97.6 cm³/mol. The molecule has 0 fully saturated rings. The van der Waals surface area contributed by atoms with E-state index in [-0.39, 0.29) is 28.9 Å². The number of nitriles is 1. The lowest BCUT2D eigenvalue weighted by Gasteiger charge is -2.24. The molecule has 2 aromatic carbocycles. The topological polar surface area (TPSA) is 99.6 Å². The van der Waals surface area contributed by atoms with Crippen molar-refractivity contribution in [2.75, 3.05) is 6.54 Å². The normalized spacial score (nSPS) is 19.0. The third kappa shape index (κ3) is 2.89. The Hall–Kier alpha value is -3.72. The molecule has 4 rings (SSSR count). The largest absolute Gasteiger partial charge is 0.508 e. The van der Waals surface area contributed by atoms with E-state index in [0.29, 0.717) is 18.7 Å². The van der Waals surface area contributed by atoms with Gasteiger partial charge in [-0.05, 0) is 23.3 Å². The van der Waals surface area contributed by atoms with Gasteiger partial charge in [0.2, 0.25) is 5.88 Å². The van der Waals surface area contributed by atoms with Crippen LogP contribution in [0, 0.1) is 11.3 Å². The number of aromatic hydroxyl groups is 1. The summed E-state index contributed by atoms with van der Waals surface area (Å²) in [5, 5.41) is 19.2. The summed E-state index contributed by atoms with van der Waals surface area (Å²) in [6, 6.07) is 18.3. The van der Waals surface area contributed by atoms with E-state index in [9.17, 15) is 15.2 Å². The Morgan fingerprint density at radius 3 is 2.56 bits per heavy atom. The van der Waals surface area contributed by atoms with Crippen molar-refractivity contribution in [1.29, 1.82) is 5.26 Å². The average Bonchev–Trinajstić information content (AvgIpc) is 2.98. The highest BCUT2D eigenvalue weighted by Crippen LogP contribution is 2.43. The molecule has 1 atom stereocenters. The Kier molecular flexibility index (Phi) is 4.05. The second kappa shape index (κ2) is 6.54. The van der Waals surface area contributed by atoms with Crippen LogP contribution >= 0.6 is 0 Å². The van der Waals surface area contributed by atoms with Crippen molar-refractivity contribution in [1.82, 2.24) is 4.90 Å². The molecule has 2 aliphatic rings. The lowest BCUT2D eigenvalue weighted by molar-refractivity contribution is -0.128. The summed E-state index contributed by atoms with van der Waals surface area (Å²) in [6.45, 7) is 0.799. The number of phenolic OH excluding ortho intramolecular Hbond substituents is 1. The van der Waals surface area contributed by atoms with E-state index >= 15 is 0 Å². The summed E-state index contributed by atoms with van der Waals surface area (Å²) in [6.07, 6.45) is 0. The number of hydrogen-bond donors (Lipinski definition) is 2. The standard InChI is InChI=1S/C21H17N3O3/c22-10-16-18(14-6-8-15(25)9-7-14)17-12-24(11-13-4-2-1-3-5-13)21(26)19(17)27-20(16)23/h1-9,18,25H,11-12,23H2. The van der Waals surface area contributed by atoms with Crippen molar-refractivity contribution >= 4 is 5.91 Å². The number of rotatable bonds is 3. The first-order valence-corrected chi connectivity index (χ1v) is 8.51. The van der Waals surface area contributed by atoms with Crippen molar-refractivity contribution < 1.29 is 14.6 Å². The fraction of sp³-hybridized carbons (Fsp3) is 0.143. The van der Waals surface area contributed by atoms with Crippen molar-refractivity contribution in [2.45, 2.75) is 12.5 Å². The fourth-order valence-electron chi connectivity index (χ4n) is 3.53. The summed E-state index contributed by atoms with van der Waals surface area (Å²) >= 11 is 0. The minimum Gasteiger partial charge on any atom is -0.508 e. The van der Waals surface area contributed by atoms with Gasteiger partial charge in [0.05, 0.1) is 5.92 Å². The molecule has 0 aliphatic carbocycles. The monoisotopic (exact) mass is 359 g/mol. The SMILES string of the molecule is N#CC1=C(N)OC2=C(CN(Cc3ccccc3)C2=O)C1c1ccc(O)cc1. The van der Waals surface area contributed by atoms with Gasteiger partial charge in [-0.15, -0.1) is 0 Å². The first-order chi connectivity index (χ1) is 13.1. The van der Waals surface area contributed by atoms with Gasteiger partial charge in [0.25, 0.3) is 5.91 Å². The summed E-state index contributed by atoms with van der Waals surface area (Å²) in [4.78, 5) is 14.5. The van der Waals surface area contributed by atoms with Crippen LogP contribution in [0.2, 0.25) is 0 Å². The maximum Gasteiger partial charge on any atom is 0.290 e. The zero-order valence-corrected chi connectivity index (χ0v) is 14.4. The van der Waals surface area contributed by atoms with E-state index in [2.05, 4.69) is 6.07 Å². The third-order valence-electron chi connectivity index (χ3n) is 4.81. The summed E-state index contributed by atoms with van der Waals surface area (Å²) in [5.74, 6) is -0.435. The van der Waals surface area contributed by atoms with Crippen molar-refractivity contribution in [3.8, 4) is 11.8 Å². The summed E-state index contributed by atoms with van der Waals surface area (Å²) in [7, 11) is 0. The zero-order chi connectivity index (χ0) is 19.0. The Morgan fingerprint density at radius 2 is 1.89 bits per heavy atom. The summed E-state index contributed by atoms with van der Waals surface area (Å²) in [5.41, 5.74) is 8.71. The van der Waals surface area contributed by atoms with E-state index < -0.39 is 5.92 Å². The highest BCUT2D eigenvalue weighted by atomic mass is 16.5. The molecule has 2 aliphatic heterocycles. The molecule has 1 amide bonds. The molecule has 0 bridgehead atoms. The highest BCUT2D eigenvalue weighted by molar-refractivity contribution is 5.96. The van der Waals surface area contributed by atoms with Crippen molar-refractivity contribution in [3.63, 3.8) is 0 Å². The van der Waals surface area contributed by atoms with E-state index in [0.717, 1.165) is 11.1 Å². The van der Waals surface area contributed by atoms with Crippen LogP contribution in [0.4, 0.5) is 0 Å². The molecule has 6 nitrogen and oxygen atoms in total. The minimum absolute atomic E-state index is 0.0516. The lowest BCUT2D eigenvalue weighted by Crippen LogP contribution is -2.27. The predicted octanol–water partition coefficient (Wildman–Crippen LogP) is 2.50. The zero-order valence-electron chi connectivity index (χ0n) is 14.4. The van der Waals surface area contributed by atoms with Crippen LogP contribution in [0.1, 0.15) is 17.0 Å². The van der Waals surface area contributed by atoms with Gasteiger partial charge in [-0.25, -0.2) is 0 Å². The van der Waals surface area contributed by atoms with Crippen molar-refractivity contribution in [3.05, 3.63) is 88.5 Å². The molecule has 6 heteroatoms. The molecule has 0 spiro atoms. The molecular formula is C21H17N3O3. The smallest absolute Gasteiger partial charge is 0.290 e. The van der Waals surface area contributed by atoms with Gasteiger partial charge in [-0.3, -0.25) is 4.79 Å². The molecule has 27 heavy (non-hydrogen) atoms. The molecule has 1 unspecified atom stereocenters. The Balaban J connectivity index is 1.70. The molecule has 134 valence electrons. The minimum atomic E-state index is -0.468. The van der Waals surface area contributed by atoms with Crippen LogP contribution < -0.4 is 5.73 Å². The van der Waals surface area contributed by atoms with Gasteiger partial charge in [0.15, 0.2) is 5.76 Å². The third-order valence-corrected chi connectivity index (χ3v) is 4.81. The number of allylic oxidation sites excluding steroid dienone is 1. The number of amides is 1. The number of nitrogens with zero attached hydrogens (tertiary/aromatic N) is 2. The fourth-order valence-corrected chi connectivity index (χ4v) is 3.53. The quantitative estimate of drug-likeness (QED) is 0.877. The second-order valence-electron chi connectivity index (χ2n) is 6.52. The van der Waals surface area contributed by atoms with Crippen LogP contribution in [0.25, 0.3) is 0 Å². The van der Waals surface area contributed by atoms with E-state index in [4.69, 9.17) is 10.5 Å². The van der Waals surface area contributed by atoms with E-state index in [1.807, 2.05) is 30.3 Å². The van der Waals surface area contributed by atoms with Crippen LogP contribution in [0.3, 0.4) is 0 Å². The number of nitrogens with two attached hydrogens (primary N) is 1. The molecular weight excluding hydrogens is 342 g/mol.